The van der Waals surface area contributed by atoms with Crippen LogP contribution in [0.3, 0.4) is 0 Å². The zero-order valence-electron chi connectivity index (χ0n) is 40.2. The van der Waals surface area contributed by atoms with E-state index in [1.807, 2.05) is 21.1 Å². The van der Waals surface area contributed by atoms with Crippen LogP contribution in [0.2, 0.25) is 0 Å². The fourth-order valence-electron chi connectivity index (χ4n) is 7.65. The van der Waals surface area contributed by atoms with Crippen molar-refractivity contribution in [2.75, 3.05) is 41.0 Å². The van der Waals surface area contributed by atoms with E-state index in [0.717, 1.165) is 51.4 Å². The summed E-state index contributed by atoms with van der Waals surface area (Å²) in [6.45, 7) is 4.74. The number of unbranched alkanes of at least 4 members (excludes halogenated alkanes) is 28. The van der Waals surface area contributed by atoms with Crippen molar-refractivity contribution in [3.63, 3.8) is 0 Å². The van der Waals surface area contributed by atoms with Gasteiger partial charge in [-0.15, -0.1) is 0 Å². The van der Waals surface area contributed by atoms with Gasteiger partial charge >= 0.3 is 17.9 Å². The molecule has 0 rings (SSSR count). The van der Waals surface area contributed by atoms with Gasteiger partial charge in [-0.2, -0.15) is 0 Å². The van der Waals surface area contributed by atoms with Crippen LogP contribution in [0, 0.1) is 0 Å². The largest absolute Gasteiger partial charge is 0.477 e. The number of quaternary nitrogens is 1. The van der Waals surface area contributed by atoms with Gasteiger partial charge < -0.3 is 23.8 Å². The van der Waals surface area contributed by atoms with Gasteiger partial charge in [-0.25, -0.2) is 4.79 Å². The number of ether oxygens (including phenoxy) is 3. The minimum atomic E-state index is -0.873. The number of carbonyl (C=O) groups is 3. The molecular weight excluding hydrogens is 751 g/mol. The quantitative estimate of drug-likeness (QED) is 0.0282. The number of hydrogen-bond acceptors (Lipinski definition) is 6. The Labute approximate surface area is 371 Å². The Hall–Kier alpha value is -2.19. The Bertz CT molecular complexity index is 1040. The predicted octanol–water partition coefficient (Wildman–Crippen LogP) is 14.4. The van der Waals surface area contributed by atoms with Crippen molar-refractivity contribution in [2.24, 2.45) is 0 Å². The number of aliphatic carboxylic acids is 1. The first-order chi connectivity index (χ1) is 29.1. The molecule has 8 heteroatoms. The Morgan fingerprint density at radius 3 is 1.32 bits per heavy atom. The topological polar surface area (TPSA) is 99.1 Å². The fourth-order valence-corrected chi connectivity index (χ4v) is 7.65. The average Bonchev–Trinajstić information content (AvgIpc) is 3.21. The van der Waals surface area contributed by atoms with Crippen LogP contribution in [-0.4, -0.2) is 80.6 Å². The van der Waals surface area contributed by atoms with Crippen LogP contribution in [0.25, 0.3) is 0 Å². The Balaban J connectivity index is 4.23. The lowest BCUT2D eigenvalue weighted by molar-refractivity contribution is -0.887. The van der Waals surface area contributed by atoms with Crippen molar-refractivity contribution in [1.29, 1.82) is 0 Å². The van der Waals surface area contributed by atoms with Crippen LogP contribution in [0.1, 0.15) is 239 Å². The van der Waals surface area contributed by atoms with Crippen molar-refractivity contribution in [2.45, 2.75) is 251 Å². The van der Waals surface area contributed by atoms with E-state index < -0.39 is 18.1 Å². The van der Waals surface area contributed by atoms with E-state index in [1.54, 1.807) is 0 Å². The molecule has 0 saturated carbocycles. The van der Waals surface area contributed by atoms with E-state index in [1.165, 1.54) is 154 Å². The van der Waals surface area contributed by atoms with Crippen LogP contribution in [0.4, 0.5) is 0 Å². The summed E-state index contributed by atoms with van der Waals surface area (Å²) in [6.07, 6.45) is 49.3. The highest BCUT2D eigenvalue weighted by Crippen LogP contribution is 2.16. The maximum atomic E-state index is 12.8. The van der Waals surface area contributed by atoms with Gasteiger partial charge in [0.05, 0.1) is 34.4 Å². The molecule has 0 aromatic rings. The summed E-state index contributed by atoms with van der Waals surface area (Å²) >= 11 is 0. The number of nitrogens with zero attached hydrogens (tertiary/aromatic N) is 1. The number of allylic oxidation sites excluding steroid dienone is 4. The molecule has 0 aromatic carbocycles. The van der Waals surface area contributed by atoms with Crippen molar-refractivity contribution >= 4 is 17.9 Å². The van der Waals surface area contributed by atoms with Crippen LogP contribution in [-0.2, 0) is 28.6 Å². The minimum absolute atomic E-state index is 0.0493. The molecule has 0 aliphatic carbocycles. The number of carboxylic acid groups (broad SMARTS) is 1. The lowest BCUT2D eigenvalue weighted by Gasteiger charge is -2.31. The highest BCUT2D eigenvalue weighted by molar-refractivity contribution is 5.72. The SMILES string of the molecule is CCCCC/C=C\C/C=C\CCCCCCCCCC(=O)OC(COCCC(C(=O)O)[N+](C)(C)C)COC(=O)CCCCCCCCCCCCCCCCCCCCC. The molecule has 8 nitrogen and oxygen atoms in total. The molecule has 2 unspecified atom stereocenters. The Morgan fingerprint density at radius 2 is 0.883 bits per heavy atom. The number of carbonyl (C=O) groups excluding carboxylic acids is 2. The Kier molecular flexibility index (Phi) is 41.9. The summed E-state index contributed by atoms with van der Waals surface area (Å²) in [5, 5.41) is 9.65. The van der Waals surface area contributed by atoms with Gasteiger partial charge in [0, 0.05) is 19.3 Å². The molecular formula is C52H98NO7+. The van der Waals surface area contributed by atoms with Gasteiger partial charge in [0.2, 0.25) is 0 Å². The molecule has 0 aliphatic rings. The molecule has 0 amide bonds. The third-order valence-electron chi connectivity index (χ3n) is 11.6. The predicted molar refractivity (Wildman–Crippen MR) is 252 cm³/mol. The lowest BCUT2D eigenvalue weighted by atomic mass is 10.0. The second-order valence-electron chi connectivity index (χ2n) is 18.4. The number of likely N-dealkylation sites (N-methyl/N-ethyl adjacent to an activating group) is 1. The zero-order valence-corrected chi connectivity index (χ0v) is 40.2. The fraction of sp³-hybridized carbons (Fsp3) is 0.865. The maximum absolute atomic E-state index is 12.8. The van der Waals surface area contributed by atoms with Crippen LogP contribution >= 0.6 is 0 Å². The minimum Gasteiger partial charge on any atom is -0.477 e. The zero-order chi connectivity index (χ0) is 44.2. The van der Waals surface area contributed by atoms with Gasteiger partial charge in [0.15, 0.2) is 12.1 Å². The standard InChI is InChI=1S/C52H97NO7/c1-6-8-10-12-14-16-18-20-22-24-25-27-28-30-32-34-36-38-40-42-50(54)59-47-48(46-58-45-44-49(52(56)57)53(3,4)5)60-51(55)43-41-39-37-35-33-31-29-26-23-21-19-17-15-13-11-9-7-2/h15,17,21,23,48-49H,6-14,16,18-20,22,24-47H2,1-5H3/p+1/b17-15-,23-21-. The van der Waals surface area contributed by atoms with Gasteiger partial charge in [-0.1, -0.05) is 199 Å². The molecule has 60 heavy (non-hydrogen) atoms. The molecule has 0 radical (unpaired) electrons. The molecule has 0 heterocycles. The summed E-state index contributed by atoms with van der Waals surface area (Å²) in [5.41, 5.74) is 0. The molecule has 1 N–H and O–H groups in total. The number of rotatable bonds is 46. The first-order valence-corrected chi connectivity index (χ1v) is 25.4. The average molecular weight is 849 g/mol. The number of hydrogen-bond donors (Lipinski definition) is 1. The molecule has 0 bridgehead atoms. The van der Waals surface area contributed by atoms with Crippen molar-refractivity contribution < 1.29 is 38.2 Å². The summed E-state index contributed by atoms with van der Waals surface area (Å²) < 4.78 is 17.4. The summed E-state index contributed by atoms with van der Waals surface area (Å²) in [6, 6.07) is -0.614. The van der Waals surface area contributed by atoms with Gasteiger partial charge in [0.1, 0.15) is 6.61 Å². The van der Waals surface area contributed by atoms with Gasteiger partial charge in [-0.05, 0) is 44.9 Å². The van der Waals surface area contributed by atoms with Gasteiger partial charge in [-0.3, -0.25) is 9.59 Å². The van der Waals surface area contributed by atoms with Crippen LogP contribution in [0.15, 0.2) is 24.3 Å². The summed E-state index contributed by atoms with van der Waals surface area (Å²) in [4.78, 5) is 37.1. The lowest BCUT2D eigenvalue weighted by Crippen LogP contribution is -2.50. The molecule has 352 valence electrons. The maximum Gasteiger partial charge on any atom is 0.362 e. The Morgan fingerprint density at radius 1 is 0.500 bits per heavy atom. The second kappa shape index (κ2) is 43.5. The summed E-state index contributed by atoms with van der Waals surface area (Å²) in [7, 11) is 5.54. The number of carboxylic acids is 1. The van der Waals surface area contributed by atoms with Crippen molar-refractivity contribution in [1.82, 2.24) is 0 Å². The van der Waals surface area contributed by atoms with Crippen molar-refractivity contribution in [3.8, 4) is 0 Å². The first kappa shape index (κ1) is 57.8. The molecule has 0 aliphatic heterocycles. The van der Waals surface area contributed by atoms with Crippen LogP contribution in [0.5, 0.6) is 0 Å². The van der Waals surface area contributed by atoms with E-state index >= 15 is 0 Å². The third kappa shape index (κ3) is 41.2. The van der Waals surface area contributed by atoms with E-state index in [0.29, 0.717) is 19.3 Å². The molecule has 0 spiro atoms. The molecule has 0 aromatic heterocycles. The molecule has 0 saturated heterocycles. The smallest absolute Gasteiger partial charge is 0.362 e. The van der Waals surface area contributed by atoms with E-state index in [9.17, 15) is 19.5 Å². The monoisotopic (exact) mass is 849 g/mol. The van der Waals surface area contributed by atoms with Gasteiger partial charge in [0.25, 0.3) is 0 Å². The second-order valence-corrected chi connectivity index (χ2v) is 18.4. The highest BCUT2D eigenvalue weighted by atomic mass is 16.6. The molecule has 2 atom stereocenters. The normalized spacial score (nSPS) is 13.0. The van der Waals surface area contributed by atoms with E-state index in [-0.39, 0.29) is 36.2 Å². The van der Waals surface area contributed by atoms with E-state index in [4.69, 9.17) is 14.2 Å². The number of esters is 2. The molecule has 0 fully saturated rings. The van der Waals surface area contributed by atoms with Crippen molar-refractivity contribution in [3.05, 3.63) is 24.3 Å². The summed E-state index contributed by atoms with van der Waals surface area (Å²) in [5.74, 6) is -1.46. The van der Waals surface area contributed by atoms with Crippen LogP contribution < -0.4 is 0 Å². The first-order valence-electron chi connectivity index (χ1n) is 25.4. The third-order valence-corrected chi connectivity index (χ3v) is 11.6. The van der Waals surface area contributed by atoms with E-state index in [2.05, 4.69) is 38.2 Å². The highest BCUT2D eigenvalue weighted by Gasteiger charge is 2.31.